The van der Waals surface area contributed by atoms with Gasteiger partial charge in [-0.25, -0.2) is 4.98 Å². The van der Waals surface area contributed by atoms with Crippen LogP contribution >= 0.6 is 0 Å². The van der Waals surface area contributed by atoms with Gasteiger partial charge in [0.2, 0.25) is 5.89 Å². The molecular formula is C8H8N4O2. The third-order valence-electron chi connectivity index (χ3n) is 1.56. The normalized spacial score (nSPS) is 10.1. The average Bonchev–Trinajstić information content (AvgIpc) is 2.65. The Balaban J connectivity index is 2.41. The van der Waals surface area contributed by atoms with E-state index in [-0.39, 0.29) is 6.01 Å². The minimum atomic E-state index is 0.276. The fourth-order valence-electron chi connectivity index (χ4n) is 0.958. The Morgan fingerprint density at radius 3 is 2.86 bits per heavy atom. The Morgan fingerprint density at radius 1 is 1.36 bits per heavy atom. The molecule has 0 aliphatic rings. The Morgan fingerprint density at radius 2 is 2.21 bits per heavy atom. The van der Waals surface area contributed by atoms with Crippen LogP contribution in [-0.4, -0.2) is 27.3 Å². The van der Waals surface area contributed by atoms with E-state index in [1.807, 2.05) is 0 Å². The molecule has 0 aliphatic carbocycles. The van der Waals surface area contributed by atoms with Gasteiger partial charge < -0.3 is 9.15 Å². The van der Waals surface area contributed by atoms with Crippen LogP contribution in [0.3, 0.4) is 0 Å². The number of aryl methyl sites for hydroxylation is 1. The van der Waals surface area contributed by atoms with Gasteiger partial charge in [-0.3, -0.25) is 0 Å². The van der Waals surface area contributed by atoms with Gasteiger partial charge in [0.05, 0.1) is 7.11 Å². The molecule has 0 aliphatic heterocycles. The zero-order valence-corrected chi connectivity index (χ0v) is 7.76. The molecule has 0 spiro atoms. The van der Waals surface area contributed by atoms with Crippen molar-refractivity contribution in [2.24, 2.45) is 0 Å². The van der Waals surface area contributed by atoms with Crippen molar-refractivity contribution in [2.75, 3.05) is 7.11 Å². The summed E-state index contributed by atoms with van der Waals surface area (Å²) in [4.78, 5) is 7.91. The second-order valence-electron chi connectivity index (χ2n) is 2.55. The van der Waals surface area contributed by atoms with Gasteiger partial charge in [0, 0.05) is 13.1 Å². The van der Waals surface area contributed by atoms with Crippen molar-refractivity contribution in [1.29, 1.82) is 0 Å². The van der Waals surface area contributed by atoms with Crippen molar-refractivity contribution in [1.82, 2.24) is 20.2 Å². The second kappa shape index (κ2) is 3.41. The van der Waals surface area contributed by atoms with Crippen LogP contribution in [0.25, 0.3) is 11.6 Å². The summed E-state index contributed by atoms with van der Waals surface area (Å²) in [6.07, 6.45) is 1.57. The van der Waals surface area contributed by atoms with Crippen LogP contribution in [-0.2, 0) is 0 Å². The van der Waals surface area contributed by atoms with E-state index in [0.717, 1.165) is 0 Å². The lowest BCUT2D eigenvalue weighted by atomic mass is 10.4. The molecule has 0 atom stereocenters. The number of hydrogen-bond donors (Lipinski definition) is 0. The first kappa shape index (κ1) is 8.61. The van der Waals surface area contributed by atoms with Gasteiger partial charge in [-0.15, -0.1) is 10.2 Å². The first-order valence-corrected chi connectivity index (χ1v) is 3.97. The van der Waals surface area contributed by atoms with E-state index in [0.29, 0.717) is 17.5 Å². The fraction of sp³-hybridized carbons (Fsp3) is 0.250. The van der Waals surface area contributed by atoms with Crippen LogP contribution in [0.5, 0.6) is 6.01 Å². The monoisotopic (exact) mass is 192 g/mol. The molecule has 0 saturated heterocycles. The number of methoxy groups -OCH3 is 1. The van der Waals surface area contributed by atoms with E-state index in [2.05, 4.69) is 20.2 Å². The van der Waals surface area contributed by atoms with Crippen molar-refractivity contribution in [3.8, 4) is 17.6 Å². The van der Waals surface area contributed by atoms with E-state index >= 15 is 0 Å². The van der Waals surface area contributed by atoms with E-state index < -0.39 is 0 Å². The molecule has 6 nitrogen and oxygen atoms in total. The van der Waals surface area contributed by atoms with E-state index in [4.69, 9.17) is 9.15 Å². The lowest BCUT2D eigenvalue weighted by Crippen LogP contribution is -1.92. The molecule has 0 amide bonds. The van der Waals surface area contributed by atoms with Gasteiger partial charge in [0.25, 0.3) is 5.89 Å². The van der Waals surface area contributed by atoms with Crippen molar-refractivity contribution in [2.45, 2.75) is 6.92 Å². The van der Waals surface area contributed by atoms with Crippen molar-refractivity contribution < 1.29 is 9.15 Å². The molecule has 6 heteroatoms. The Bertz CT molecular complexity index is 440. The van der Waals surface area contributed by atoms with Crippen LogP contribution in [0.2, 0.25) is 0 Å². The molecule has 2 aromatic rings. The highest BCUT2D eigenvalue weighted by Crippen LogP contribution is 2.15. The van der Waals surface area contributed by atoms with Gasteiger partial charge in [0.15, 0.2) is 0 Å². The van der Waals surface area contributed by atoms with Crippen molar-refractivity contribution >= 4 is 0 Å². The van der Waals surface area contributed by atoms with Gasteiger partial charge in [-0.1, -0.05) is 0 Å². The topological polar surface area (TPSA) is 73.9 Å². The minimum absolute atomic E-state index is 0.276. The van der Waals surface area contributed by atoms with Crippen LogP contribution in [0.1, 0.15) is 5.89 Å². The van der Waals surface area contributed by atoms with Gasteiger partial charge in [-0.2, -0.15) is 4.98 Å². The number of aromatic nitrogens is 4. The molecule has 72 valence electrons. The number of hydrogen-bond acceptors (Lipinski definition) is 6. The molecule has 0 fully saturated rings. The van der Waals surface area contributed by atoms with Crippen molar-refractivity contribution in [3.05, 3.63) is 18.2 Å². The molecule has 0 radical (unpaired) electrons. The zero-order valence-electron chi connectivity index (χ0n) is 7.76. The highest BCUT2D eigenvalue weighted by atomic mass is 16.5. The largest absolute Gasteiger partial charge is 0.467 e. The highest BCUT2D eigenvalue weighted by molar-refractivity contribution is 5.45. The maximum absolute atomic E-state index is 5.20. The quantitative estimate of drug-likeness (QED) is 0.702. The number of nitrogens with zero attached hydrogens (tertiary/aromatic N) is 4. The average molecular weight is 192 g/mol. The lowest BCUT2D eigenvalue weighted by molar-refractivity contribution is 0.379. The van der Waals surface area contributed by atoms with Crippen LogP contribution in [0.15, 0.2) is 16.7 Å². The molecule has 0 saturated carbocycles. The Labute approximate surface area is 80.0 Å². The smallest absolute Gasteiger partial charge is 0.316 e. The fourth-order valence-corrected chi connectivity index (χ4v) is 0.958. The van der Waals surface area contributed by atoms with Gasteiger partial charge in [0.1, 0.15) is 5.69 Å². The van der Waals surface area contributed by atoms with Crippen LogP contribution < -0.4 is 4.74 Å². The first-order valence-electron chi connectivity index (χ1n) is 3.97. The molecule has 2 heterocycles. The molecule has 0 unspecified atom stereocenters. The lowest BCUT2D eigenvalue weighted by Gasteiger charge is -1.97. The van der Waals surface area contributed by atoms with Crippen LogP contribution in [0.4, 0.5) is 0 Å². The second-order valence-corrected chi connectivity index (χ2v) is 2.55. The summed E-state index contributed by atoms with van der Waals surface area (Å²) in [7, 11) is 1.50. The predicted octanol–water partition coefficient (Wildman–Crippen LogP) is 0.844. The summed E-state index contributed by atoms with van der Waals surface area (Å²) in [5.41, 5.74) is 0.553. The van der Waals surface area contributed by atoms with Crippen molar-refractivity contribution in [3.63, 3.8) is 0 Å². The molecule has 2 aromatic heterocycles. The maximum atomic E-state index is 5.20. The first-order chi connectivity index (χ1) is 6.79. The van der Waals surface area contributed by atoms with E-state index in [1.54, 1.807) is 19.2 Å². The summed E-state index contributed by atoms with van der Waals surface area (Å²) in [5.74, 6) is 0.862. The van der Waals surface area contributed by atoms with Gasteiger partial charge in [-0.05, 0) is 6.07 Å². The molecule has 0 aromatic carbocycles. The molecule has 0 bridgehead atoms. The molecule has 0 N–H and O–H groups in total. The SMILES string of the molecule is COc1nccc(-c2nnc(C)o2)n1. The minimum Gasteiger partial charge on any atom is -0.467 e. The zero-order chi connectivity index (χ0) is 9.97. The highest BCUT2D eigenvalue weighted by Gasteiger charge is 2.08. The molecule has 2 rings (SSSR count). The number of rotatable bonds is 2. The van der Waals surface area contributed by atoms with Gasteiger partial charge >= 0.3 is 6.01 Å². The Hall–Kier alpha value is -1.98. The molecule has 14 heavy (non-hydrogen) atoms. The summed E-state index contributed by atoms with van der Waals surface area (Å²) in [6, 6.07) is 1.95. The molecular weight excluding hydrogens is 184 g/mol. The standard InChI is InChI=1S/C8H8N4O2/c1-5-11-12-7(14-5)6-3-4-9-8(10-6)13-2/h3-4H,1-2H3. The third-order valence-corrected chi connectivity index (χ3v) is 1.56. The maximum Gasteiger partial charge on any atom is 0.316 e. The Kier molecular flexibility index (Phi) is 2.10. The summed E-state index contributed by atoms with van der Waals surface area (Å²) in [5, 5.41) is 7.53. The third kappa shape index (κ3) is 1.54. The summed E-state index contributed by atoms with van der Waals surface area (Å²) >= 11 is 0. The predicted molar refractivity (Wildman–Crippen MR) is 46.6 cm³/mol. The van der Waals surface area contributed by atoms with E-state index in [1.165, 1.54) is 7.11 Å². The number of ether oxygens (including phenoxy) is 1. The van der Waals surface area contributed by atoms with E-state index in [9.17, 15) is 0 Å². The van der Waals surface area contributed by atoms with Crippen LogP contribution in [0, 0.1) is 6.92 Å². The summed E-state index contributed by atoms with van der Waals surface area (Å²) < 4.78 is 10.1. The summed E-state index contributed by atoms with van der Waals surface area (Å²) in [6.45, 7) is 1.72.